The topological polar surface area (TPSA) is 273 Å². The van der Waals surface area contributed by atoms with Crippen LogP contribution in [0.4, 0.5) is 0 Å². The highest BCUT2D eigenvalue weighted by atomic mass is 16.8. The molecule has 25 unspecified atom stereocenters. The molecule has 5 saturated carbocycles. The lowest BCUT2D eigenvalue weighted by atomic mass is 9.41. The van der Waals surface area contributed by atoms with E-state index in [4.69, 9.17) is 37.9 Å². The molecule has 5 aliphatic carbocycles. The first-order valence-corrected chi connectivity index (χ1v) is 24.5. The Labute approximate surface area is 387 Å². The van der Waals surface area contributed by atoms with Crippen LogP contribution in [0.15, 0.2) is 0 Å². The van der Waals surface area contributed by atoms with Crippen LogP contribution in [-0.2, 0) is 42.7 Å². The molecule has 66 heavy (non-hydrogen) atoms. The lowest BCUT2D eigenvalue weighted by Gasteiger charge is -2.65. The summed E-state index contributed by atoms with van der Waals surface area (Å²) in [5, 5.41) is 99.0. The second-order valence-electron chi connectivity index (χ2n) is 24.0. The molecule has 0 aromatic rings. The van der Waals surface area contributed by atoms with E-state index in [1.807, 2.05) is 0 Å². The van der Waals surface area contributed by atoms with Crippen molar-refractivity contribution >= 4 is 5.97 Å². The van der Waals surface area contributed by atoms with E-state index in [2.05, 4.69) is 34.6 Å². The molecular formula is C48H78O18. The SMILES string of the molecule is CC(=O)OC1C(O)COC(OC2CCC34CC35CCC3(C)C(C6(C)CCC(C(C)(C)O)O6)C(O)CC3(C)C5CC(OC3OCC(O)C(O)C3O)C4C2(C)C)C1OC1OC(C)C(O)C(O)C1O. The minimum Gasteiger partial charge on any atom is -0.457 e. The molecule has 4 saturated heterocycles. The Hall–Kier alpha value is -1.17. The van der Waals surface area contributed by atoms with E-state index in [1.54, 1.807) is 13.8 Å². The van der Waals surface area contributed by atoms with E-state index in [1.165, 1.54) is 13.8 Å². The number of ether oxygens (including phenoxy) is 8. The minimum atomic E-state index is -1.70. The highest BCUT2D eigenvalue weighted by Gasteiger charge is 2.85. The molecule has 25 atom stereocenters. The summed E-state index contributed by atoms with van der Waals surface area (Å²) in [6.07, 6.45) is -13.6. The fraction of sp³-hybridized carbons (Fsp3) is 0.979. The number of hydrogen-bond acceptors (Lipinski definition) is 18. The lowest BCUT2D eigenvalue weighted by Crippen LogP contribution is -2.65. The maximum absolute atomic E-state index is 12.4. The number of hydrogen-bond donors (Lipinski definition) is 9. The van der Waals surface area contributed by atoms with Crippen molar-refractivity contribution < 1.29 is 88.6 Å². The number of esters is 1. The van der Waals surface area contributed by atoms with Gasteiger partial charge in [0.05, 0.1) is 54.9 Å². The van der Waals surface area contributed by atoms with E-state index in [9.17, 15) is 50.8 Å². The zero-order chi connectivity index (χ0) is 48.1. The van der Waals surface area contributed by atoms with Gasteiger partial charge in [-0.05, 0) is 124 Å². The standard InChI is InChI=1S/C48H78O18/c1-21-30(53)32(55)34(57)40(61-21)65-36-35(62-22(2)49)25(52)19-60-41(36)64-28-11-13-48-20-47(48)15-14-44(7)37(46(9)12-10-29(66-46)43(5,6)58)23(50)17-45(44,8)27(47)16-26(38(48)42(28,3)4)63-39-33(56)31(54)24(51)18-59-39/h21,23-41,50-58H,10-20H2,1-9H3. The molecular weight excluding hydrogens is 865 g/mol. The number of carbonyl (C=O) groups is 1. The summed E-state index contributed by atoms with van der Waals surface area (Å²) in [7, 11) is 0. The third kappa shape index (κ3) is 7.43. The monoisotopic (exact) mass is 943 g/mol. The number of fused-ring (bicyclic) bond motifs is 2. The molecule has 0 radical (unpaired) electrons. The second kappa shape index (κ2) is 16.7. The number of aliphatic hydroxyl groups excluding tert-OH is 8. The van der Waals surface area contributed by atoms with Crippen molar-refractivity contribution in [3.63, 3.8) is 0 Å². The summed E-state index contributed by atoms with van der Waals surface area (Å²) in [6, 6.07) is 0. The summed E-state index contributed by atoms with van der Waals surface area (Å²) in [5.41, 5.74) is -3.49. The van der Waals surface area contributed by atoms with Crippen LogP contribution in [0, 0.1) is 44.8 Å². The first kappa shape index (κ1) is 49.8. The molecule has 4 aliphatic heterocycles. The summed E-state index contributed by atoms with van der Waals surface area (Å²) in [5.74, 6) is -1.03. The maximum Gasteiger partial charge on any atom is 0.303 e. The van der Waals surface area contributed by atoms with Gasteiger partial charge in [-0.15, -0.1) is 0 Å². The maximum atomic E-state index is 12.4. The van der Waals surface area contributed by atoms with Gasteiger partial charge in [-0.3, -0.25) is 4.79 Å². The summed E-state index contributed by atoms with van der Waals surface area (Å²) >= 11 is 0. The van der Waals surface area contributed by atoms with Crippen molar-refractivity contribution in [2.24, 2.45) is 44.8 Å². The van der Waals surface area contributed by atoms with Crippen LogP contribution in [-0.4, -0.2) is 181 Å². The minimum absolute atomic E-state index is 0.0767. The average Bonchev–Trinajstić information content (AvgIpc) is 3.59. The molecule has 0 aromatic carbocycles. The van der Waals surface area contributed by atoms with Gasteiger partial charge in [0, 0.05) is 12.8 Å². The van der Waals surface area contributed by atoms with Gasteiger partial charge < -0.3 is 83.9 Å². The molecule has 378 valence electrons. The first-order valence-electron chi connectivity index (χ1n) is 24.5. The van der Waals surface area contributed by atoms with Crippen LogP contribution in [0.25, 0.3) is 0 Å². The highest BCUT2D eigenvalue weighted by Crippen LogP contribution is 2.89. The third-order valence-electron chi connectivity index (χ3n) is 19.6. The Balaban J connectivity index is 1.04. The molecule has 0 aromatic heterocycles. The molecule has 9 aliphatic rings. The Bertz CT molecular complexity index is 1810. The van der Waals surface area contributed by atoms with Crippen molar-refractivity contribution in [1.29, 1.82) is 0 Å². The quantitative estimate of drug-likeness (QED) is 0.114. The molecule has 18 nitrogen and oxygen atoms in total. The predicted octanol–water partition coefficient (Wildman–Crippen LogP) is 0.786. The van der Waals surface area contributed by atoms with Gasteiger partial charge in [-0.25, -0.2) is 0 Å². The van der Waals surface area contributed by atoms with Crippen LogP contribution in [0.3, 0.4) is 0 Å². The Morgan fingerprint density at radius 2 is 1.33 bits per heavy atom. The van der Waals surface area contributed by atoms with Crippen molar-refractivity contribution in [3.8, 4) is 0 Å². The molecule has 9 rings (SSSR count). The smallest absolute Gasteiger partial charge is 0.303 e. The van der Waals surface area contributed by atoms with Gasteiger partial charge in [0.2, 0.25) is 0 Å². The van der Waals surface area contributed by atoms with Gasteiger partial charge in [-0.2, -0.15) is 0 Å². The van der Waals surface area contributed by atoms with Gasteiger partial charge in [0.15, 0.2) is 31.1 Å². The number of aliphatic hydroxyl groups is 9. The van der Waals surface area contributed by atoms with Gasteiger partial charge in [-0.1, -0.05) is 27.7 Å². The molecule has 9 fully saturated rings. The predicted molar refractivity (Wildman–Crippen MR) is 229 cm³/mol. The zero-order valence-electron chi connectivity index (χ0n) is 40.0. The van der Waals surface area contributed by atoms with Gasteiger partial charge >= 0.3 is 5.97 Å². The first-order chi connectivity index (χ1) is 30.7. The Morgan fingerprint density at radius 3 is 2.00 bits per heavy atom. The fourth-order valence-corrected chi connectivity index (χ4v) is 16.3. The van der Waals surface area contributed by atoms with Crippen LogP contribution in [0.5, 0.6) is 0 Å². The molecule has 0 bridgehead atoms. The van der Waals surface area contributed by atoms with Crippen LogP contribution < -0.4 is 0 Å². The number of carbonyl (C=O) groups excluding carboxylic acids is 1. The van der Waals surface area contributed by atoms with Crippen LogP contribution in [0.2, 0.25) is 0 Å². The Morgan fingerprint density at radius 1 is 0.667 bits per heavy atom. The van der Waals surface area contributed by atoms with E-state index in [0.717, 1.165) is 32.1 Å². The molecule has 2 spiro atoms. The summed E-state index contributed by atoms with van der Waals surface area (Å²) in [6.45, 7) is 16.8. The van der Waals surface area contributed by atoms with Crippen molar-refractivity contribution in [3.05, 3.63) is 0 Å². The van der Waals surface area contributed by atoms with E-state index < -0.39 is 121 Å². The van der Waals surface area contributed by atoms with Crippen LogP contribution in [0.1, 0.15) is 120 Å². The van der Waals surface area contributed by atoms with E-state index in [0.29, 0.717) is 25.7 Å². The highest BCUT2D eigenvalue weighted by molar-refractivity contribution is 5.66. The molecule has 18 heteroatoms. The molecule has 0 amide bonds. The summed E-state index contributed by atoms with van der Waals surface area (Å²) < 4.78 is 50.5. The largest absolute Gasteiger partial charge is 0.457 e. The lowest BCUT2D eigenvalue weighted by molar-refractivity contribution is -0.366. The number of rotatable bonds is 9. The van der Waals surface area contributed by atoms with Gasteiger partial charge in [0.25, 0.3) is 0 Å². The Kier molecular flexibility index (Phi) is 12.6. The summed E-state index contributed by atoms with van der Waals surface area (Å²) in [4.78, 5) is 12.4. The normalized spacial score (nSPS) is 56.7. The second-order valence-corrected chi connectivity index (χ2v) is 24.0. The molecule has 4 heterocycles. The average molecular weight is 943 g/mol. The van der Waals surface area contributed by atoms with Gasteiger partial charge in [0.1, 0.15) is 42.7 Å². The zero-order valence-corrected chi connectivity index (χ0v) is 40.0. The van der Waals surface area contributed by atoms with Crippen molar-refractivity contribution in [1.82, 2.24) is 0 Å². The van der Waals surface area contributed by atoms with Crippen LogP contribution >= 0.6 is 0 Å². The molecule has 9 N–H and O–H groups in total. The van der Waals surface area contributed by atoms with E-state index in [-0.39, 0.29) is 58.7 Å². The van der Waals surface area contributed by atoms with E-state index >= 15 is 0 Å². The fourth-order valence-electron chi connectivity index (χ4n) is 16.3. The van der Waals surface area contributed by atoms with Crippen molar-refractivity contribution in [2.75, 3.05) is 13.2 Å². The van der Waals surface area contributed by atoms with Crippen molar-refractivity contribution in [2.45, 2.75) is 236 Å². The third-order valence-corrected chi connectivity index (χ3v) is 19.6.